The molecule has 7 heteroatoms. The Balaban J connectivity index is 1.45. The molecule has 4 rings (SSSR count). The highest BCUT2D eigenvalue weighted by molar-refractivity contribution is 5.88. The number of ether oxygens (including phenoxy) is 2. The molecule has 29 heavy (non-hydrogen) atoms. The molecule has 7 nitrogen and oxygen atoms in total. The van der Waals surface area contributed by atoms with Gasteiger partial charge in [-0.05, 0) is 25.0 Å². The van der Waals surface area contributed by atoms with Crippen LogP contribution in [0.2, 0.25) is 0 Å². The van der Waals surface area contributed by atoms with E-state index >= 15 is 0 Å². The number of rotatable bonds is 4. The number of carbonyl (C=O) groups excluding carboxylic acids is 2. The minimum Gasteiger partial charge on any atom is -0.488 e. The van der Waals surface area contributed by atoms with E-state index in [1.807, 2.05) is 35.2 Å². The van der Waals surface area contributed by atoms with Crippen molar-refractivity contribution in [2.24, 2.45) is 0 Å². The number of urea groups is 1. The van der Waals surface area contributed by atoms with E-state index in [0.717, 1.165) is 31.4 Å². The minimum absolute atomic E-state index is 0.00579. The lowest BCUT2D eigenvalue weighted by molar-refractivity contribution is -0.139. The van der Waals surface area contributed by atoms with Crippen molar-refractivity contribution in [1.29, 1.82) is 0 Å². The van der Waals surface area contributed by atoms with Crippen LogP contribution in [0, 0.1) is 0 Å². The molecule has 2 saturated heterocycles. The first-order chi connectivity index (χ1) is 14.2. The van der Waals surface area contributed by atoms with Crippen LogP contribution in [-0.2, 0) is 9.53 Å². The topological polar surface area (TPSA) is 71.1 Å². The van der Waals surface area contributed by atoms with E-state index in [1.165, 1.54) is 6.42 Å². The van der Waals surface area contributed by atoms with Gasteiger partial charge in [-0.15, -0.1) is 0 Å². The summed E-state index contributed by atoms with van der Waals surface area (Å²) in [4.78, 5) is 29.8. The number of amides is 3. The lowest BCUT2D eigenvalue weighted by atomic mass is 9.96. The smallest absolute Gasteiger partial charge is 0.318 e. The molecule has 2 atom stereocenters. The summed E-state index contributed by atoms with van der Waals surface area (Å²) in [5.74, 6) is 0.774. The van der Waals surface area contributed by atoms with Crippen molar-refractivity contribution in [3.8, 4) is 5.75 Å². The lowest BCUT2D eigenvalue weighted by Gasteiger charge is -2.33. The number of nitrogens with one attached hydrogen (secondary N) is 1. The average Bonchev–Trinajstić information content (AvgIpc) is 3.19. The molecule has 0 radical (unpaired) electrons. The zero-order valence-electron chi connectivity index (χ0n) is 16.9. The SMILES string of the molecule is O=C([C@@H]1C[C@H](Oc2ccccc2)CN1C(=O)NC1CCCCC1)N1CCOCC1. The molecule has 158 valence electrons. The second-order valence-corrected chi connectivity index (χ2v) is 8.18. The summed E-state index contributed by atoms with van der Waals surface area (Å²) in [5.41, 5.74) is 0. The average molecular weight is 402 g/mol. The van der Waals surface area contributed by atoms with Crippen molar-refractivity contribution < 1.29 is 19.1 Å². The fourth-order valence-corrected chi connectivity index (χ4v) is 4.53. The Bertz CT molecular complexity index is 687. The van der Waals surface area contributed by atoms with E-state index in [-0.39, 0.29) is 24.1 Å². The van der Waals surface area contributed by atoms with Crippen molar-refractivity contribution in [3.63, 3.8) is 0 Å². The van der Waals surface area contributed by atoms with Crippen molar-refractivity contribution in [3.05, 3.63) is 30.3 Å². The quantitative estimate of drug-likeness (QED) is 0.841. The molecule has 2 heterocycles. The highest BCUT2D eigenvalue weighted by Crippen LogP contribution is 2.26. The number of para-hydroxylation sites is 1. The Morgan fingerprint density at radius 2 is 1.76 bits per heavy atom. The second kappa shape index (κ2) is 9.48. The molecule has 0 unspecified atom stereocenters. The van der Waals surface area contributed by atoms with Gasteiger partial charge in [0.1, 0.15) is 17.9 Å². The molecule has 0 bridgehead atoms. The number of carbonyl (C=O) groups is 2. The maximum atomic E-state index is 13.2. The normalized spacial score (nSPS) is 25.7. The van der Waals surface area contributed by atoms with E-state index < -0.39 is 6.04 Å². The molecule has 3 aliphatic rings. The van der Waals surface area contributed by atoms with Gasteiger partial charge < -0.3 is 24.6 Å². The van der Waals surface area contributed by atoms with Crippen molar-refractivity contribution in [1.82, 2.24) is 15.1 Å². The van der Waals surface area contributed by atoms with Gasteiger partial charge in [0.15, 0.2) is 0 Å². The van der Waals surface area contributed by atoms with Crippen LogP contribution in [0.25, 0.3) is 0 Å². The molecule has 1 aliphatic carbocycles. The Kier molecular flexibility index (Phi) is 6.54. The van der Waals surface area contributed by atoms with Gasteiger partial charge in [-0.1, -0.05) is 37.5 Å². The summed E-state index contributed by atoms with van der Waals surface area (Å²) in [6, 6.07) is 9.20. The molecular weight excluding hydrogens is 370 g/mol. The first kappa shape index (κ1) is 20.0. The van der Waals surface area contributed by atoms with E-state index in [2.05, 4.69) is 5.32 Å². The highest BCUT2D eigenvalue weighted by Gasteiger charge is 2.43. The fraction of sp³-hybridized carbons (Fsp3) is 0.636. The number of nitrogens with zero attached hydrogens (tertiary/aromatic N) is 2. The first-order valence-corrected chi connectivity index (χ1v) is 10.9. The molecule has 1 aromatic rings. The van der Waals surface area contributed by atoms with E-state index in [1.54, 1.807) is 4.90 Å². The summed E-state index contributed by atoms with van der Waals surface area (Å²) in [6.45, 7) is 2.69. The summed E-state index contributed by atoms with van der Waals surface area (Å²) < 4.78 is 11.5. The monoisotopic (exact) mass is 401 g/mol. The van der Waals surface area contributed by atoms with Crippen LogP contribution in [0.15, 0.2) is 30.3 Å². The van der Waals surface area contributed by atoms with Crippen LogP contribution in [0.1, 0.15) is 38.5 Å². The van der Waals surface area contributed by atoms with Gasteiger partial charge >= 0.3 is 6.03 Å². The molecular formula is C22H31N3O4. The van der Waals surface area contributed by atoms with Crippen molar-refractivity contribution in [2.75, 3.05) is 32.8 Å². The Labute approximate surface area is 172 Å². The van der Waals surface area contributed by atoms with Gasteiger partial charge in [0.25, 0.3) is 0 Å². The number of benzene rings is 1. The fourth-order valence-electron chi connectivity index (χ4n) is 4.53. The molecule has 0 spiro atoms. The molecule has 3 fully saturated rings. The Morgan fingerprint density at radius 3 is 2.48 bits per heavy atom. The highest BCUT2D eigenvalue weighted by atomic mass is 16.5. The van der Waals surface area contributed by atoms with E-state index in [9.17, 15) is 9.59 Å². The van der Waals surface area contributed by atoms with Gasteiger partial charge in [0.05, 0.1) is 19.8 Å². The third kappa shape index (κ3) is 5.01. The third-order valence-electron chi connectivity index (χ3n) is 6.11. The van der Waals surface area contributed by atoms with Crippen LogP contribution in [0.5, 0.6) is 5.75 Å². The van der Waals surface area contributed by atoms with Gasteiger partial charge in [0.2, 0.25) is 5.91 Å². The summed E-state index contributed by atoms with van der Waals surface area (Å²) in [7, 11) is 0. The predicted octanol–water partition coefficient (Wildman–Crippen LogP) is 2.41. The zero-order chi connectivity index (χ0) is 20.1. The number of hydrogen-bond donors (Lipinski definition) is 1. The summed E-state index contributed by atoms with van der Waals surface area (Å²) >= 11 is 0. The molecule has 1 saturated carbocycles. The first-order valence-electron chi connectivity index (χ1n) is 10.9. The maximum Gasteiger partial charge on any atom is 0.318 e. The van der Waals surface area contributed by atoms with E-state index in [0.29, 0.717) is 39.3 Å². The van der Waals surface area contributed by atoms with Crippen LogP contribution in [0.4, 0.5) is 4.79 Å². The van der Waals surface area contributed by atoms with Gasteiger partial charge in [-0.2, -0.15) is 0 Å². The van der Waals surface area contributed by atoms with Crippen molar-refractivity contribution >= 4 is 11.9 Å². The minimum atomic E-state index is -0.481. The van der Waals surface area contributed by atoms with Gasteiger partial charge in [0, 0.05) is 25.6 Å². The molecule has 3 amide bonds. The Hall–Kier alpha value is -2.28. The molecule has 2 aliphatic heterocycles. The predicted molar refractivity (Wildman–Crippen MR) is 109 cm³/mol. The molecule has 1 N–H and O–H groups in total. The number of likely N-dealkylation sites (tertiary alicyclic amines) is 1. The van der Waals surface area contributed by atoms with Crippen LogP contribution in [-0.4, -0.2) is 72.8 Å². The number of morpholine rings is 1. The lowest BCUT2D eigenvalue weighted by Crippen LogP contribution is -2.54. The summed E-state index contributed by atoms with van der Waals surface area (Å²) in [6.07, 6.45) is 5.91. The third-order valence-corrected chi connectivity index (χ3v) is 6.11. The van der Waals surface area contributed by atoms with Gasteiger partial charge in [-0.3, -0.25) is 4.79 Å². The Morgan fingerprint density at radius 1 is 1.03 bits per heavy atom. The number of hydrogen-bond acceptors (Lipinski definition) is 4. The molecule has 0 aromatic heterocycles. The maximum absolute atomic E-state index is 13.2. The summed E-state index contributed by atoms with van der Waals surface area (Å²) in [5, 5.41) is 3.17. The zero-order valence-corrected chi connectivity index (χ0v) is 16.9. The largest absolute Gasteiger partial charge is 0.488 e. The van der Waals surface area contributed by atoms with Crippen LogP contribution in [0.3, 0.4) is 0 Å². The van der Waals surface area contributed by atoms with E-state index in [4.69, 9.17) is 9.47 Å². The van der Waals surface area contributed by atoms with Crippen LogP contribution >= 0.6 is 0 Å². The van der Waals surface area contributed by atoms with Gasteiger partial charge in [-0.25, -0.2) is 4.79 Å². The van der Waals surface area contributed by atoms with Crippen molar-refractivity contribution in [2.45, 2.75) is 56.7 Å². The second-order valence-electron chi connectivity index (χ2n) is 8.18. The standard InChI is InChI=1S/C22H31N3O4/c26-21(24-11-13-28-14-12-24)20-15-19(29-18-9-5-2-6-10-18)16-25(20)22(27)23-17-7-3-1-4-8-17/h2,5-6,9-10,17,19-20H,1,3-4,7-8,11-16H2,(H,23,27)/t19-,20-/m0/s1. The van der Waals surface area contributed by atoms with Crippen LogP contribution < -0.4 is 10.1 Å². The molecule has 1 aromatic carbocycles.